The summed E-state index contributed by atoms with van der Waals surface area (Å²) in [6.07, 6.45) is 7.43. The maximum Gasteiger partial charge on any atom is 0.134 e. The average Bonchev–Trinajstić information content (AvgIpc) is 2.92. The highest BCUT2D eigenvalue weighted by molar-refractivity contribution is 5.91. The molecule has 0 aliphatic rings. The molecular weight excluding hydrogens is 236 g/mol. The lowest BCUT2D eigenvalue weighted by Gasteiger charge is -2.16. The van der Waals surface area contributed by atoms with Crippen molar-refractivity contribution in [2.45, 2.75) is 19.5 Å². The van der Waals surface area contributed by atoms with Crippen molar-refractivity contribution < 1.29 is 0 Å². The zero-order valence-electron chi connectivity index (χ0n) is 10.8. The highest BCUT2D eigenvalue weighted by Gasteiger charge is 2.06. The molecule has 0 saturated carbocycles. The molecular formula is C15H16N4. The third-order valence-electron chi connectivity index (χ3n) is 3.10. The van der Waals surface area contributed by atoms with Crippen LogP contribution in [0, 0.1) is 0 Å². The Morgan fingerprint density at radius 1 is 1.21 bits per heavy atom. The first-order chi connectivity index (χ1) is 9.33. The van der Waals surface area contributed by atoms with E-state index in [0.29, 0.717) is 0 Å². The van der Waals surface area contributed by atoms with Crippen LogP contribution in [0.5, 0.6) is 0 Å². The van der Waals surface area contributed by atoms with E-state index < -0.39 is 0 Å². The van der Waals surface area contributed by atoms with Crippen molar-refractivity contribution in [1.82, 2.24) is 14.5 Å². The van der Waals surface area contributed by atoms with Gasteiger partial charge in [0.25, 0.3) is 0 Å². The lowest BCUT2D eigenvalue weighted by molar-refractivity contribution is 0.617. The summed E-state index contributed by atoms with van der Waals surface area (Å²) in [4.78, 5) is 8.49. The smallest absolute Gasteiger partial charge is 0.134 e. The topological polar surface area (TPSA) is 42.7 Å². The van der Waals surface area contributed by atoms with Gasteiger partial charge in [-0.25, -0.2) is 9.97 Å². The zero-order chi connectivity index (χ0) is 13.1. The maximum atomic E-state index is 4.44. The molecule has 0 aliphatic carbocycles. The zero-order valence-corrected chi connectivity index (χ0v) is 10.8. The fourth-order valence-electron chi connectivity index (χ4n) is 2.22. The SMILES string of the molecule is CC(Cn1ccnc1)Nc1nccc2ccccc12. The molecule has 1 N–H and O–H groups in total. The fourth-order valence-corrected chi connectivity index (χ4v) is 2.22. The molecule has 0 spiro atoms. The van der Waals surface area contributed by atoms with E-state index in [0.717, 1.165) is 17.7 Å². The van der Waals surface area contributed by atoms with Gasteiger partial charge in [-0.3, -0.25) is 0 Å². The summed E-state index contributed by atoms with van der Waals surface area (Å²) in [5.41, 5.74) is 0. The molecule has 1 atom stereocenters. The highest BCUT2D eigenvalue weighted by Crippen LogP contribution is 2.21. The second kappa shape index (κ2) is 5.10. The number of rotatable bonds is 4. The molecule has 4 nitrogen and oxygen atoms in total. The molecule has 1 aromatic carbocycles. The number of aromatic nitrogens is 3. The van der Waals surface area contributed by atoms with Gasteiger partial charge in [-0.15, -0.1) is 0 Å². The first kappa shape index (κ1) is 11.7. The molecule has 0 saturated heterocycles. The molecule has 1 unspecified atom stereocenters. The van der Waals surface area contributed by atoms with E-state index in [9.17, 15) is 0 Å². The number of hydrogen-bond donors (Lipinski definition) is 1. The Labute approximate surface area is 112 Å². The summed E-state index contributed by atoms with van der Waals surface area (Å²) in [7, 11) is 0. The van der Waals surface area contributed by atoms with Gasteiger partial charge in [0.1, 0.15) is 5.82 Å². The van der Waals surface area contributed by atoms with Crippen molar-refractivity contribution in [3.8, 4) is 0 Å². The lowest BCUT2D eigenvalue weighted by Crippen LogP contribution is -2.22. The molecule has 96 valence electrons. The summed E-state index contributed by atoms with van der Waals surface area (Å²) in [5, 5.41) is 5.82. The lowest BCUT2D eigenvalue weighted by atomic mass is 10.1. The summed E-state index contributed by atoms with van der Waals surface area (Å²) >= 11 is 0. The maximum absolute atomic E-state index is 4.44. The third-order valence-corrected chi connectivity index (χ3v) is 3.10. The van der Waals surface area contributed by atoms with Gasteiger partial charge in [-0.1, -0.05) is 24.3 Å². The van der Waals surface area contributed by atoms with Crippen molar-refractivity contribution >= 4 is 16.6 Å². The molecule has 0 amide bonds. The molecule has 2 aromatic heterocycles. The predicted octanol–water partition coefficient (Wildman–Crippen LogP) is 2.93. The van der Waals surface area contributed by atoms with Crippen molar-refractivity contribution in [3.05, 3.63) is 55.2 Å². The normalized spacial score (nSPS) is 12.5. The van der Waals surface area contributed by atoms with Gasteiger partial charge < -0.3 is 9.88 Å². The van der Waals surface area contributed by atoms with Gasteiger partial charge in [0.2, 0.25) is 0 Å². The van der Waals surface area contributed by atoms with Crippen LogP contribution < -0.4 is 5.32 Å². The van der Waals surface area contributed by atoms with Crippen LogP contribution >= 0.6 is 0 Å². The van der Waals surface area contributed by atoms with Crippen molar-refractivity contribution in [2.75, 3.05) is 5.32 Å². The summed E-state index contributed by atoms with van der Waals surface area (Å²) in [5.74, 6) is 0.936. The molecule has 4 heteroatoms. The largest absolute Gasteiger partial charge is 0.365 e. The molecule has 19 heavy (non-hydrogen) atoms. The number of hydrogen-bond acceptors (Lipinski definition) is 3. The minimum absolute atomic E-state index is 0.285. The monoisotopic (exact) mass is 252 g/mol. The Balaban J connectivity index is 1.81. The molecule has 0 radical (unpaired) electrons. The van der Waals surface area contributed by atoms with Crippen LogP contribution in [0.2, 0.25) is 0 Å². The van der Waals surface area contributed by atoms with Crippen LogP contribution in [0.3, 0.4) is 0 Å². The van der Waals surface area contributed by atoms with Crippen LogP contribution in [0.25, 0.3) is 10.8 Å². The molecule has 0 fully saturated rings. The Morgan fingerprint density at radius 3 is 2.95 bits per heavy atom. The van der Waals surface area contributed by atoms with Gasteiger partial charge in [-0.2, -0.15) is 0 Å². The van der Waals surface area contributed by atoms with Gasteiger partial charge in [0, 0.05) is 36.6 Å². The molecule has 3 rings (SSSR count). The van der Waals surface area contributed by atoms with Crippen LogP contribution in [-0.2, 0) is 6.54 Å². The summed E-state index contributed by atoms with van der Waals surface area (Å²) < 4.78 is 2.06. The Hall–Kier alpha value is -2.36. The molecule has 0 bridgehead atoms. The first-order valence-electron chi connectivity index (χ1n) is 6.39. The van der Waals surface area contributed by atoms with E-state index in [2.05, 4.69) is 38.9 Å². The number of fused-ring (bicyclic) bond motifs is 1. The minimum atomic E-state index is 0.285. The third kappa shape index (κ3) is 2.57. The van der Waals surface area contributed by atoms with Crippen LogP contribution in [-0.4, -0.2) is 20.6 Å². The Morgan fingerprint density at radius 2 is 2.11 bits per heavy atom. The van der Waals surface area contributed by atoms with Gasteiger partial charge in [0.15, 0.2) is 0 Å². The van der Waals surface area contributed by atoms with Gasteiger partial charge in [0.05, 0.1) is 6.33 Å². The van der Waals surface area contributed by atoms with E-state index in [1.54, 1.807) is 6.20 Å². The second-order valence-electron chi connectivity index (χ2n) is 4.69. The van der Waals surface area contributed by atoms with Crippen LogP contribution in [0.1, 0.15) is 6.92 Å². The van der Waals surface area contributed by atoms with E-state index >= 15 is 0 Å². The number of nitrogens with one attached hydrogen (secondary N) is 1. The van der Waals surface area contributed by atoms with Crippen molar-refractivity contribution in [3.63, 3.8) is 0 Å². The standard InChI is InChI=1S/C15H16N4/c1-12(10-19-9-8-16-11-19)18-15-14-5-3-2-4-13(14)6-7-17-15/h2-9,11-12H,10H2,1H3,(H,17,18). The highest BCUT2D eigenvalue weighted by atomic mass is 15.1. The number of nitrogens with zero attached hydrogens (tertiary/aromatic N) is 3. The minimum Gasteiger partial charge on any atom is -0.365 e. The summed E-state index contributed by atoms with van der Waals surface area (Å²) in [6, 6.07) is 10.6. The van der Waals surface area contributed by atoms with Gasteiger partial charge >= 0.3 is 0 Å². The number of benzene rings is 1. The number of anilines is 1. The average molecular weight is 252 g/mol. The first-order valence-corrected chi connectivity index (χ1v) is 6.39. The van der Waals surface area contributed by atoms with Crippen molar-refractivity contribution in [2.24, 2.45) is 0 Å². The van der Waals surface area contributed by atoms with E-state index in [-0.39, 0.29) is 6.04 Å². The predicted molar refractivity (Wildman–Crippen MR) is 77.1 cm³/mol. The molecule has 3 aromatic rings. The Kier molecular flexibility index (Phi) is 3.14. The van der Waals surface area contributed by atoms with Gasteiger partial charge in [-0.05, 0) is 18.4 Å². The van der Waals surface area contributed by atoms with Crippen LogP contribution in [0.4, 0.5) is 5.82 Å². The van der Waals surface area contributed by atoms with Crippen molar-refractivity contribution in [1.29, 1.82) is 0 Å². The molecule has 2 heterocycles. The Bertz CT molecular complexity index is 655. The summed E-state index contributed by atoms with van der Waals surface area (Å²) in [6.45, 7) is 3.01. The quantitative estimate of drug-likeness (QED) is 0.776. The number of pyridine rings is 1. The van der Waals surface area contributed by atoms with E-state index in [1.165, 1.54) is 5.39 Å². The second-order valence-corrected chi connectivity index (χ2v) is 4.69. The number of imidazole rings is 1. The van der Waals surface area contributed by atoms with E-state index in [1.807, 2.05) is 36.9 Å². The van der Waals surface area contributed by atoms with E-state index in [4.69, 9.17) is 0 Å². The van der Waals surface area contributed by atoms with Crippen LogP contribution in [0.15, 0.2) is 55.2 Å². The fraction of sp³-hybridized carbons (Fsp3) is 0.200. The molecule has 0 aliphatic heterocycles.